The molecule has 0 aromatic heterocycles. The summed E-state index contributed by atoms with van der Waals surface area (Å²) in [7, 11) is 0. The zero-order valence-electron chi connectivity index (χ0n) is 11.4. The van der Waals surface area contributed by atoms with Gasteiger partial charge in [0.15, 0.2) is 5.96 Å². The van der Waals surface area contributed by atoms with E-state index in [4.69, 9.17) is 5.73 Å². The van der Waals surface area contributed by atoms with Crippen molar-refractivity contribution in [3.05, 3.63) is 35.6 Å². The van der Waals surface area contributed by atoms with Crippen molar-refractivity contribution >= 4 is 5.96 Å². The number of rotatable bonds is 3. The first kappa shape index (κ1) is 13.8. The highest BCUT2D eigenvalue weighted by Crippen LogP contribution is 2.20. The maximum absolute atomic E-state index is 13.1. The monoisotopic (exact) mass is 263 g/mol. The third-order valence-corrected chi connectivity index (χ3v) is 3.61. The van der Waals surface area contributed by atoms with Crippen LogP contribution in [0.4, 0.5) is 4.39 Å². The van der Waals surface area contributed by atoms with Crippen LogP contribution in [0.1, 0.15) is 50.6 Å². The molecule has 1 aromatic carbocycles. The molecule has 0 amide bonds. The number of guanidine groups is 1. The fourth-order valence-corrected chi connectivity index (χ4v) is 2.53. The van der Waals surface area contributed by atoms with E-state index < -0.39 is 0 Å². The van der Waals surface area contributed by atoms with Gasteiger partial charge in [0.25, 0.3) is 0 Å². The van der Waals surface area contributed by atoms with E-state index in [1.807, 2.05) is 13.0 Å². The smallest absolute Gasteiger partial charge is 0.189 e. The first-order valence-corrected chi connectivity index (χ1v) is 7.00. The van der Waals surface area contributed by atoms with Crippen molar-refractivity contribution in [3.63, 3.8) is 0 Å². The zero-order chi connectivity index (χ0) is 13.7. The number of nitrogens with one attached hydrogen (secondary N) is 1. The highest BCUT2D eigenvalue weighted by molar-refractivity contribution is 5.78. The molecule has 1 saturated carbocycles. The molecular weight excluding hydrogens is 241 g/mol. The van der Waals surface area contributed by atoms with Crippen LogP contribution in [-0.2, 0) is 0 Å². The fourth-order valence-electron chi connectivity index (χ4n) is 2.53. The van der Waals surface area contributed by atoms with Crippen LogP contribution in [0.15, 0.2) is 29.3 Å². The molecule has 0 saturated heterocycles. The SMILES string of the molecule is CC(NC(N)=NC1CCCCC1)c1cccc(F)c1. The molecule has 0 spiro atoms. The van der Waals surface area contributed by atoms with Crippen LogP contribution in [-0.4, -0.2) is 12.0 Å². The maximum atomic E-state index is 13.1. The van der Waals surface area contributed by atoms with Crippen LogP contribution >= 0.6 is 0 Å². The Balaban J connectivity index is 1.93. The Kier molecular flexibility index (Phi) is 4.77. The highest BCUT2D eigenvalue weighted by Gasteiger charge is 2.13. The Morgan fingerprint density at radius 1 is 1.37 bits per heavy atom. The van der Waals surface area contributed by atoms with Crippen molar-refractivity contribution in [1.82, 2.24) is 5.32 Å². The molecule has 4 heteroatoms. The van der Waals surface area contributed by atoms with E-state index in [2.05, 4.69) is 10.3 Å². The summed E-state index contributed by atoms with van der Waals surface area (Å²) in [4.78, 5) is 4.51. The molecule has 1 aliphatic carbocycles. The molecular formula is C15H22FN3. The number of nitrogens with two attached hydrogens (primary N) is 1. The normalized spacial score (nSPS) is 19.2. The molecule has 0 heterocycles. The summed E-state index contributed by atoms with van der Waals surface area (Å²) in [6.45, 7) is 1.96. The van der Waals surface area contributed by atoms with Crippen molar-refractivity contribution in [3.8, 4) is 0 Å². The molecule has 19 heavy (non-hydrogen) atoms. The van der Waals surface area contributed by atoms with Crippen LogP contribution in [0, 0.1) is 5.82 Å². The summed E-state index contributed by atoms with van der Waals surface area (Å²) in [5.74, 6) is 0.234. The van der Waals surface area contributed by atoms with E-state index in [1.165, 1.54) is 31.4 Å². The van der Waals surface area contributed by atoms with Crippen LogP contribution in [0.3, 0.4) is 0 Å². The van der Waals surface area contributed by atoms with E-state index in [-0.39, 0.29) is 11.9 Å². The summed E-state index contributed by atoms with van der Waals surface area (Å²) >= 11 is 0. The first-order valence-electron chi connectivity index (χ1n) is 7.00. The third kappa shape index (κ3) is 4.23. The molecule has 0 bridgehead atoms. The second kappa shape index (κ2) is 6.55. The average molecular weight is 263 g/mol. The molecule has 3 nitrogen and oxygen atoms in total. The lowest BCUT2D eigenvalue weighted by Crippen LogP contribution is -2.35. The standard InChI is InChI=1S/C15H22FN3/c1-11(12-6-5-7-13(16)10-12)18-15(17)19-14-8-3-2-4-9-14/h5-7,10-11,14H,2-4,8-9H2,1H3,(H3,17,18,19). The van der Waals surface area contributed by atoms with E-state index in [9.17, 15) is 4.39 Å². The van der Waals surface area contributed by atoms with Gasteiger partial charge in [0.1, 0.15) is 5.82 Å². The zero-order valence-corrected chi connectivity index (χ0v) is 11.4. The minimum atomic E-state index is -0.228. The lowest BCUT2D eigenvalue weighted by molar-refractivity contribution is 0.441. The van der Waals surface area contributed by atoms with E-state index in [0.29, 0.717) is 12.0 Å². The highest BCUT2D eigenvalue weighted by atomic mass is 19.1. The van der Waals surface area contributed by atoms with Gasteiger partial charge in [-0.3, -0.25) is 4.99 Å². The molecule has 1 unspecified atom stereocenters. The van der Waals surface area contributed by atoms with Gasteiger partial charge in [-0.05, 0) is 37.5 Å². The Morgan fingerprint density at radius 3 is 2.79 bits per heavy atom. The molecule has 104 valence electrons. The Morgan fingerprint density at radius 2 is 2.11 bits per heavy atom. The lowest BCUT2D eigenvalue weighted by Gasteiger charge is -2.20. The molecule has 3 N–H and O–H groups in total. The predicted molar refractivity (Wildman–Crippen MR) is 76.4 cm³/mol. The Labute approximate surface area is 114 Å². The molecule has 0 aliphatic heterocycles. The quantitative estimate of drug-likeness (QED) is 0.650. The lowest BCUT2D eigenvalue weighted by atomic mass is 9.96. The van der Waals surface area contributed by atoms with Crippen molar-refractivity contribution in [2.75, 3.05) is 0 Å². The Bertz CT molecular complexity index is 439. The van der Waals surface area contributed by atoms with Gasteiger partial charge in [0.05, 0.1) is 12.1 Å². The van der Waals surface area contributed by atoms with Gasteiger partial charge in [-0.1, -0.05) is 31.4 Å². The second-order valence-electron chi connectivity index (χ2n) is 5.23. The minimum Gasteiger partial charge on any atom is -0.370 e. The number of benzene rings is 1. The summed E-state index contributed by atoms with van der Waals surface area (Å²) in [5, 5.41) is 3.13. The molecule has 1 aromatic rings. The van der Waals surface area contributed by atoms with E-state index in [0.717, 1.165) is 18.4 Å². The molecule has 1 atom stereocenters. The third-order valence-electron chi connectivity index (χ3n) is 3.61. The van der Waals surface area contributed by atoms with Crippen LogP contribution in [0.5, 0.6) is 0 Å². The second-order valence-corrected chi connectivity index (χ2v) is 5.23. The minimum absolute atomic E-state index is 0.0389. The van der Waals surface area contributed by atoms with Gasteiger partial charge in [-0.25, -0.2) is 4.39 Å². The summed E-state index contributed by atoms with van der Waals surface area (Å²) < 4.78 is 13.1. The van der Waals surface area contributed by atoms with Crippen molar-refractivity contribution in [1.29, 1.82) is 0 Å². The largest absolute Gasteiger partial charge is 0.370 e. The van der Waals surface area contributed by atoms with Crippen molar-refractivity contribution in [2.24, 2.45) is 10.7 Å². The topological polar surface area (TPSA) is 50.4 Å². The molecule has 0 radical (unpaired) electrons. The Hall–Kier alpha value is -1.58. The van der Waals surface area contributed by atoms with Crippen LogP contribution < -0.4 is 11.1 Å². The molecule has 2 rings (SSSR count). The van der Waals surface area contributed by atoms with Gasteiger partial charge < -0.3 is 11.1 Å². The van der Waals surface area contributed by atoms with Gasteiger partial charge in [0, 0.05) is 0 Å². The number of hydrogen-bond donors (Lipinski definition) is 2. The van der Waals surface area contributed by atoms with E-state index in [1.54, 1.807) is 6.07 Å². The summed E-state index contributed by atoms with van der Waals surface area (Å²) in [5.41, 5.74) is 6.80. The number of nitrogens with zero attached hydrogens (tertiary/aromatic N) is 1. The van der Waals surface area contributed by atoms with Gasteiger partial charge in [-0.15, -0.1) is 0 Å². The number of halogens is 1. The van der Waals surface area contributed by atoms with Gasteiger partial charge in [-0.2, -0.15) is 0 Å². The average Bonchev–Trinajstić information content (AvgIpc) is 2.39. The van der Waals surface area contributed by atoms with Crippen LogP contribution in [0.25, 0.3) is 0 Å². The van der Waals surface area contributed by atoms with Crippen molar-refractivity contribution < 1.29 is 4.39 Å². The van der Waals surface area contributed by atoms with Gasteiger partial charge >= 0.3 is 0 Å². The van der Waals surface area contributed by atoms with Gasteiger partial charge in [0.2, 0.25) is 0 Å². The summed E-state index contributed by atoms with van der Waals surface area (Å²) in [6, 6.07) is 6.86. The van der Waals surface area contributed by atoms with Crippen LogP contribution in [0.2, 0.25) is 0 Å². The number of aliphatic imine (C=N–C) groups is 1. The van der Waals surface area contributed by atoms with E-state index >= 15 is 0 Å². The maximum Gasteiger partial charge on any atom is 0.189 e. The molecule has 1 aliphatic rings. The number of hydrogen-bond acceptors (Lipinski definition) is 1. The first-order chi connectivity index (χ1) is 9.15. The fraction of sp³-hybridized carbons (Fsp3) is 0.533. The van der Waals surface area contributed by atoms with Crippen molar-refractivity contribution in [2.45, 2.75) is 51.1 Å². The predicted octanol–water partition coefficient (Wildman–Crippen LogP) is 3.12. The summed E-state index contributed by atoms with van der Waals surface area (Å²) in [6.07, 6.45) is 6.02. The molecule has 1 fully saturated rings.